The molecule has 1 N–H and O–H groups in total. The molecule has 0 radical (unpaired) electrons. The lowest BCUT2D eigenvalue weighted by Crippen LogP contribution is -2.25. The number of fused-ring (bicyclic) bond motifs is 1. The Morgan fingerprint density at radius 3 is 2.65 bits per heavy atom. The first-order valence-electron chi connectivity index (χ1n) is 8.02. The second-order valence-electron chi connectivity index (χ2n) is 5.83. The molecule has 0 saturated heterocycles. The summed E-state index contributed by atoms with van der Waals surface area (Å²) < 4.78 is 38.4. The number of hydrogen-bond acceptors (Lipinski definition) is 5. The van der Waals surface area contributed by atoms with Gasteiger partial charge in [0.05, 0.1) is 18.3 Å². The largest absolute Gasteiger partial charge is 0.346 e. The summed E-state index contributed by atoms with van der Waals surface area (Å²) in [6, 6.07) is 18.9. The van der Waals surface area contributed by atoms with Crippen LogP contribution in [0.5, 0.6) is 0 Å². The molecule has 0 fully saturated rings. The summed E-state index contributed by atoms with van der Waals surface area (Å²) in [5.74, 6) is 0. The fourth-order valence-corrected chi connectivity index (χ4v) is 4.55. The molecule has 0 aliphatic rings. The maximum Gasteiger partial charge on any atom is 0.243 e. The molecule has 2 aromatic carbocycles. The Morgan fingerprint density at radius 2 is 1.81 bits per heavy atom. The third-order valence-electron chi connectivity index (χ3n) is 4.10. The number of sulfonamides is 1. The third kappa shape index (κ3) is 3.39. The highest BCUT2D eigenvalue weighted by Crippen LogP contribution is 2.21. The molecule has 8 heteroatoms. The molecule has 0 amide bonds. The molecule has 2 heterocycles. The van der Waals surface area contributed by atoms with Crippen LogP contribution in [0.3, 0.4) is 0 Å². The van der Waals surface area contributed by atoms with Gasteiger partial charge in [-0.25, -0.2) is 13.1 Å². The van der Waals surface area contributed by atoms with Gasteiger partial charge in [0, 0.05) is 18.4 Å². The van der Waals surface area contributed by atoms with Crippen molar-refractivity contribution in [2.45, 2.75) is 18.0 Å². The van der Waals surface area contributed by atoms with Crippen LogP contribution in [-0.4, -0.2) is 21.7 Å². The summed E-state index contributed by atoms with van der Waals surface area (Å²) >= 11 is 1.01. The number of hydrogen-bond donors (Lipinski definition) is 1. The van der Waals surface area contributed by atoms with E-state index >= 15 is 0 Å². The van der Waals surface area contributed by atoms with Crippen LogP contribution in [0.15, 0.2) is 71.8 Å². The summed E-state index contributed by atoms with van der Waals surface area (Å²) in [7, 11) is -3.68. The van der Waals surface area contributed by atoms with Crippen LogP contribution in [0.25, 0.3) is 11.0 Å². The number of rotatable bonds is 6. The number of nitrogens with zero attached hydrogens (tertiary/aromatic N) is 3. The van der Waals surface area contributed by atoms with Crippen LogP contribution >= 0.6 is 11.7 Å². The molecule has 0 saturated carbocycles. The fourth-order valence-electron chi connectivity index (χ4n) is 2.79. The van der Waals surface area contributed by atoms with E-state index in [9.17, 15) is 8.42 Å². The number of benzene rings is 2. The SMILES string of the molecule is O=S(=O)(NCc1cccn1Cc1ccccc1)c1cccc2nsnc12. The van der Waals surface area contributed by atoms with Crippen molar-refractivity contribution in [3.8, 4) is 0 Å². The minimum atomic E-state index is -3.68. The van der Waals surface area contributed by atoms with Gasteiger partial charge in [-0.1, -0.05) is 36.4 Å². The van der Waals surface area contributed by atoms with Gasteiger partial charge < -0.3 is 4.57 Å². The van der Waals surface area contributed by atoms with Crippen LogP contribution in [0, 0.1) is 0 Å². The molecule has 0 aliphatic carbocycles. The van der Waals surface area contributed by atoms with Gasteiger partial charge >= 0.3 is 0 Å². The second kappa shape index (κ2) is 6.99. The van der Waals surface area contributed by atoms with E-state index in [-0.39, 0.29) is 11.4 Å². The van der Waals surface area contributed by atoms with Crippen LogP contribution in [0.1, 0.15) is 11.3 Å². The van der Waals surface area contributed by atoms with E-state index in [2.05, 4.69) is 13.5 Å². The van der Waals surface area contributed by atoms with Crippen molar-refractivity contribution in [2.75, 3.05) is 0 Å². The molecular weight excluding hydrogens is 368 g/mol. The number of aromatic nitrogens is 3. The molecule has 2 aromatic heterocycles. The Balaban J connectivity index is 1.54. The van der Waals surface area contributed by atoms with Crippen molar-refractivity contribution in [1.82, 2.24) is 18.0 Å². The van der Waals surface area contributed by atoms with Gasteiger partial charge in [0.15, 0.2) is 0 Å². The molecule has 4 aromatic rings. The predicted octanol–water partition coefficient (Wildman–Crippen LogP) is 3.02. The molecule has 0 spiro atoms. The summed E-state index contributed by atoms with van der Waals surface area (Å²) in [6.07, 6.45) is 1.95. The van der Waals surface area contributed by atoms with E-state index in [1.807, 2.05) is 53.2 Å². The molecule has 132 valence electrons. The zero-order chi connectivity index (χ0) is 18.0. The number of nitrogens with one attached hydrogen (secondary N) is 1. The Hall–Kier alpha value is -2.55. The molecule has 0 unspecified atom stereocenters. The highest BCUT2D eigenvalue weighted by molar-refractivity contribution is 7.89. The first-order chi connectivity index (χ1) is 12.6. The zero-order valence-corrected chi connectivity index (χ0v) is 15.4. The molecule has 0 bridgehead atoms. The topological polar surface area (TPSA) is 76.9 Å². The molecule has 26 heavy (non-hydrogen) atoms. The van der Waals surface area contributed by atoms with Gasteiger partial charge in [-0.15, -0.1) is 0 Å². The van der Waals surface area contributed by atoms with Crippen molar-refractivity contribution in [3.63, 3.8) is 0 Å². The highest BCUT2D eigenvalue weighted by atomic mass is 32.2. The first kappa shape index (κ1) is 16.9. The Kier molecular flexibility index (Phi) is 4.54. The van der Waals surface area contributed by atoms with E-state index in [1.54, 1.807) is 18.2 Å². The van der Waals surface area contributed by atoms with Gasteiger partial charge in [-0.3, -0.25) is 0 Å². The smallest absolute Gasteiger partial charge is 0.243 e. The van der Waals surface area contributed by atoms with E-state index in [4.69, 9.17) is 0 Å². The first-order valence-corrected chi connectivity index (χ1v) is 10.2. The minimum Gasteiger partial charge on any atom is -0.346 e. The normalized spacial score (nSPS) is 11.8. The van der Waals surface area contributed by atoms with Crippen LogP contribution < -0.4 is 4.72 Å². The van der Waals surface area contributed by atoms with Crippen molar-refractivity contribution in [3.05, 3.63) is 78.1 Å². The maximum absolute atomic E-state index is 12.7. The Morgan fingerprint density at radius 1 is 0.962 bits per heavy atom. The van der Waals surface area contributed by atoms with Crippen LogP contribution in [0.4, 0.5) is 0 Å². The van der Waals surface area contributed by atoms with Gasteiger partial charge in [0.25, 0.3) is 0 Å². The maximum atomic E-state index is 12.7. The molecule has 6 nitrogen and oxygen atoms in total. The average molecular weight is 384 g/mol. The summed E-state index contributed by atoms with van der Waals surface area (Å²) in [4.78, 5) is 0.157. The van der Waals surface area contributed by atoms with Gasteiger partial charge in [0.2, 0.25) is 10.0 Å². The van der Waals surface area contributed by atoms with Crippen molar-refractivity contribution in [2.24, 2.45) is 0 Å². The molecule has 0 atom stereocenters. The molecule has 0 aliphatic heterocycles. The summed E-state index contributed by atoms with van der Waals surface area (Å²) in [6.45, 7) is 0.895. The highest BCUT2D eigenvalue weighted by Gasteiger charge is 2.19. The molecule has 4 rings (SSSR count). The lowest BCUT2D eigenvalue weighted by Gasteiger charge is -2.11. The van der Waals surface area contributed by atoms with E-state index in [1.165, 1.54) is 0 Å². The summed E-state index contributed by atoms with van der Waals surface area (Å²) in [5, 5.41) is 0. The fraction of sp³-hybridized carbons (Fsp3) is 0.111. The van der Waals surface area contributed by atoms with Crippen molar-refractivity contribution in [1.29, 1.82) is 0 Å². The van der Waals surface area contributed by atoms with Crippen molar-refractivity contribution >= 4 is 32.8 Å². The predicted molar refractivity (Wildman–Crippen MR) is 101 cm³/mol. The summed E-state index contributed by atoms with van der Waals surface area (Å²) in [5.41, 5.74) is 3.04. The van der Waals surface area contributed by atoms with E-state index < -0.39 is 10.0 Å². The van der Waals surface area contributed by atoms with Gasteiger partial charge in [-0.2, -0.15) is 8.75 Å². The Labute approximate surface area is 155 Å². The lowest BCUT2D eigenvalue weighted by atomic mass is 10.2. The molecular formula is C18H16N4O2S2. The van der Waals surface area contributed by atoms with Gasteiger partial charge in [0.1, 0.15) is 15.9 Å². The monoisotopic (exact) mass is 384 g/mol. The van der Waals surface area contributed by atoms with Crippen LogP contribution in [-0.2, 0) is 23.1 Å². The second-order valence-corrected chi connectivity index (χ2v) is 8.09. The lowest BCUT2D eigenvalue weighted by molar-refractivity contribution is 0.579. The van der Waals surface area contributed by atoms with Gasteiger partial charge in [-0.05, 0) is 29.8 Å². The Bertz CT molecular complexity index is 1130. The van der Waals surface area contributed by atoms with Crippen LogP contribution in [0.2, 0.25) is 0 Å². The quantitative estimate of drug-likeness (QED) is 0.554. The third-order valence-corrected chi connectivity index (χ3v) is 6.08. The minimum absolute atomic E-state index is 0.157. The van der Waals surface area contributed by atoms with E-state index in [0.717, 1.165) is 23.0 Å². The average Bonchev–Trinajstić information content (AvgIpc) is 3.29. The zero-order valence-electron chi connectivity index (χ0n) is 13.7. The van der Waals surface area contributed by atoms with Crippen molar-refractivity contribution < 1.29 is 8.42 Å². The standard InChI is InChI=1S/C18H16N4O2S2/c23-26(24,17-10-4-9-16-18(17)21-25-20-16)19-12-15-8-5-11-22(15)13-14-6-2-1-3-7-14/h1-11,19H,12-13H2. The van der Waals surface area contributed by atoms with E-state index in [0.29, 0.717) is 17.6 Å².